The fourth-order valence-electron chi connectivity index (χ4n) is 4.13. The molecular weight excluding hydrogens is 760 g/mol. The summed E-state index contributed by atoms with van der Waals surface area (Å²) < 4.78 is 57.5. The number of halogens is 3. The predicted octanol–water partition coefficient (Wildman–Crippen LogP) is 9.09. The summed E-state index contributed by atoms with van der Waals surface area (Å²) >= 11 is 0. The van der Waals surface area contributed by atoms with Gasteiger partial charge in [-0.3, -0.25) is 4.55 Å². The van der Waals surface area contributed by atoms with Crippen molar-refractivity contribution >= 4 is 10.1 Å². The van der Waals surface area contributed by atoms with Crippen molar-refractivity contribution in [2.75, 3.05) is 0 Å². The summed E-state index contributed by atoms with van der Waals surface area (Å²) in [4.78, 5) is 0. The van der Waals surface area contributed by atoms with Gasteiger partial charge in [0.05, 0.1) is 0 Å². The molecule has 4 rings (SSSR count). The maximum Gasteiger partial charge on any atom is 0.522 e. The Morgan fingerprint density at radius 1 is 0.477 bits per heavy atom. The quantitative estimate of drug-likeness (QED) is 0.172. The van der Waals surface area contributed by atoms with Gasteiger partial charge in [-0.25, -0.2) is 0 Å². The molecule has 0 heterocycles. The summed E-state index contributed by atoms with van der Waals surface area (Å²) in [6.45, 7) is 22.0. The minimum atomic E-state index is -5.84. The van der Waals surface area contributed by atoms with E-state index in [2.05, 4.69) is 107 Å². The first-order valence-electron chi connectivity index (χ1n) is 13.5. The molecule has 0 saturated heterocycles. The zero-order valence-corrected chi connectivity index (χ0v) is 31.2. The Labute approximate surface area is 295 Å². The zero-order valence-electron chi connectivity index (χ0n) is 26.9. The number of hydrogen-bond donors (Lipinski definition) is 1. The van der Waals surface area contributed by atoms with Crippen molar-refractivity contribution in [1.29, 1.82) is 0 Å². The van der Waals surface area contributed by atoms with Gasteiger partial charge in [0.2, 0.25) is 0 Å². The first kappa shape index (κ1) is 46.8. The van der Waals surface area contributed by atoms with E-state index in [1.165, 1.54) is 71.0 Å². The number of rotatable bonds is 2. The predicted molar refractivity (Wildman–Crippen MR) is 165 cm³/mol. The maximum atomic E-state index is 10.7. The Kier molecular flexibility index (Phi) is 23.0. The van der Waals surface area contributed by atoms with E-state index in [4.69, 9.17) is 13.0 Å². The van der Waals surface area contributed by atoms with Crippen LogP contribution in [0.5, 0.6) is 0 Å². The second-order valence-corrected chi connectivity index (χ2v) is 11.7. The van der Waals surface area contributed by atoms with E-state index in [1.54, 1.807) is 0 Å². The molecule has 44 heavy (non-hydrogen) atoms. The van der Waals surface area contributed by atoms with Crippen LogP contribution in [-0.4, -0.2) is 18.5 Å². The second-order valence-electron chi connectivity index (χ2n) is 10.3. The van der Waals surface area contributed by atoms with Crippen LogP contribution in [0.3, 0.4) is 0 Å². The summed E-state index contributed by atoms with van der Waals surface area (Å²) in [6.07, 6.45) is 24.9. The van der Waals surface area contributed by atoms with Gasteiger partial charge in [0.15, 0.2) is 0 Å². The molecule has 4 fully saturated rings. The van der Waals surface area contributed by atoms with Crippen LogP contribution < -0.4 is 0 Å². The van der Waals surface area contributed by atoms with Crippen LogP contribution >= 0.6 is 0 Å². The van der Waals surface area contributed by atoms with Crippen molar-refractivity contribution in [2.45, 2.75) is 74.7 Å². The van der Waals surface area contributed by atoms with Crippen LogP contribution in [0.25, 0.3) is 0 Å². The van der Waals surface area contributed by atoms with E-state index in [0.717, 1.165) is 0 Å². The molecule has 0 unspecified atom stereocenters. The van der Waals surface area contributed by atoms with Gasteiger partial charge >= 0.3 is 15.6 Å². The molecule has 4 aliphatic rings. The van der Waals surface area contributed by atoms with Crippen molar-refractivity contribution in [2.24, 2.45) is 0 Å². The van der Waals surface area contributed by atoms with Gasteiger partial charge in [0, 0.05) is 50.8 Å². The van der Waals surface area contributed by atoms with Gasteiger partial charge in [-0.2, -0.15) is 21.6 Å². The van der Waals surface area contributed by atoms with Crippen LogP contribution in [0.2, 0.25) is 0 Å². The number of alkyl halides is 3. The zero-order chi connectivity index (χ0) is 32.4. The van der Waals surface area contributed by atoms with Gasteiger partial charge in [-0.05, 0) is 123 Å². The Morgan fingerprint density at radius 3 is 0.773 bits per heavy atom. The van der Waals surface area contributed by atoms with Crippen LogP contribution in [0, 0.1) is 135 Å². The van der Waals surface area contributed by atoms with Crippen molar-refractivity contribution in [3.8, 4) is 0 Å². The molecule has 9 heteroatoms. The molecule has 1 N–H and O–H groups in total. The summed E-state index contributed by atoms with van der Waals surface area (Å²) in [5.41, 5.74) is -5.53. The summed E-state index contributed by atoms with van der Waals surface area (Å²) in [5.74, 6) is 17.1. The smallest absolute Gasteiger partial charge is 0.279 e. The molecular formula is C35H43F3O3Ru2S. The largest absolute Gasteiger partial charge is 0.522 e. The first-order valence-corrected chi connectivity index (χ1v) is 15.0. The normalized spacial score (nSPS) is 24.1. The third kappa shape index (κ3) is 14.8. The molecule has 0 atom stereocenters. The molecule has 0 bridgehead atoms. The topological polar surface area (TPSA) is 54.4 Å². The van der Waals surface area contributed by atoms with Crippen molar-refractivity contribution < 1.29 is 65.1 Å². The SMILES string of the molecule is C[C]1[C](C)[C](C)[C](C)[C]1C.C[C]1[C](C)[C](C)[C](C)[C]1C.O=S(=O)(O)C(F)(F)F.[CH]1[CH][CH][C](/C=C/[C]2[CH][CH][CH][CH][CH]2)[CH][CH]1.[Ru].[Ru]. The molecule has 3 nitrogen and oxygen atoms in total. The second kappa shape index (κ2) is 21.6. The third-order valence-corrected chi connectivity index (χ3v) is 8.57. The van der Waals surface area contributed by atoms with Gasteiger partial charge in [0.1, 0.15) is 0 Å². The Morgan fingerprint density at radius 2 is 0.636 bits per heavy atom. The van der Waals surface area contributed by atoms with Crippen molar-refractivity contribution in [1.82, 2.24) is 0 Å². The fraction of sp³-hybridized carbons (Fsp3) is 0.314. The molecule has 0 spiro atoms. The van der Waals surface area contributed by atoms with Gasteiger partial charge in [-0.15, -0.1) is 0 Å². The number of allylic oxidation sites excluding steroid dienone is 2. The molecule has 0 aliphatic heterocycles. The number of hydrogen-bond acceptors (Lipinski definition) is 2. The van der Waals surface area contributed by atoms with Crippen LogP contribution in [0.4, 0.5) is 13.2 Å². The van der Waals surface area contributed by atoms with Crippen LogP contribution in [-0.2, 0) is 49.1 Å². The van der Waals surface area contributed by atoms with E-state index < -0.39 is 15.6 Å². The summed E-state index contributed by atoms with van der Waals surface area (Å²) in [7, 11) is -5.84. The monoisotopic (exact) mass is 804 g/mol. The fourth-order valence-corrected chi connectivity index (χ4v) is 4.13. The minimum absolute atomic E-state index is 0. The molecule has 0 aromatic rings. The molecule has 4 aliphatic carbocycles. The average Bonchev–Trinajstić information content (AvgIpc) is 3.22. The van der Waals surface area contributed by atoms with E-state index in [1.807, 2.05) is 38.5 Å². The Bertz CT molecular complexity index is 746. The van der Waals surface area contributed by atoms with E-state index in [-0.39, 0.29) is 39.0 Å². The molecule has 0 aromatic carbocycles. The molecule has 0 aromatic heterocycles. The maximum absolute atomic E-state index is 10.7. The Balaban J connectivity index is 0. The third-order valence-electron chi connectivity index (χ3n) is 7.98. The van der Waals surface area contributed by atoms with E-state index >= 15 is 0 Å². The summed E-state index contributed by atoms with van der Waals surface area (Å²) in [6, 6.07) is 0. The molecule has 244 valence electrons. The Hall–Kier alpha value is 0.687. The van der Waals surface area contributed by atoms with Crippen molar-refractivity contribution in [3.63, 3.8) is 0 Å². The van der Waals surface area contributed by atoms with Gasteiger partial charge in [-0.1, -0.05) is 81.4 Å². The van der Waals surface area contributed by atoms with E-state index in [9.17, 15) is 13.2 Å². The minimum Gasteiger partial charge on any atom is -0.279 e. The summed E-state index contributed by atoms with van der Waals surface area (Å²) in [5, 5.41) is 0. The van der Waals surface area contributed by atoms with Crippen LogP contribution in [0.1, 0.15) is 69.2 Å². The molecule has 22 radical (unpaired) electrons. The average molecular weight is 803 g/mol. The first-order chi connectivity index (χ1) is 19.3. The molecule has 0 amide bonds. The standard InChI is InChI=1S/C14H12.2C10H15.CHF3O3S.2Ru/c1-3-7-13(8-4-1)11-12-14-9-5-2-6-10-14;2*1-6-7(2)9(4)10(5)8(6)3;2-1(3,4)8(5,6)7;;/h1-12H;2*1-5H3;(H,5,6,7);;/b12-11+;;;;;. The van der Waals surface area contributed by atoms with Gasteiger partial charge < -0.3 is 0 Å². The van der Waals surface area contributed by atoms with Crippen molar-refractivity contribution in [3.05, 3.63) is 147 Å². The van der Waals surface area contributed by atoms with E-state index in [0.29, 0.717) is 0 Å². The molecule has 4 saturated carbocycles. The van der Waals surface area contributed by atoms with Gasteiger partial charge in [0.25, 0.3) is 0 Å². The van der Waals surface area contributed by atoms with Crippen LogP contribution in [0.15, 0.2) is 12.2 Å².